The molecule has 168 valence electrons. The molecule has 32 heavy (non-hydrogen) atoms. The summed E-state index contributed by atoms with van der Waals surface area (Å²) in [4.78, 5) is 32.3. The number of rotatable bonds is 4. The minimum atomic E-state index is -0.378. The third kappa shape index (κ3) is 3.75. The highest BCUT2D eigenvalue weighted by Crippen LogP contribution is 2.34. The maximum Gasteiger partial charge on any atom is 0.337 e. The monoisotopic (exact) mass is 455 g/mol. The number of furan rings is 1. The predicted octanol–water partition coefficient (Wildman–Crippen LogP) is 3.19. The predicted molar refractivity (Wildman–Crippen MR) is 121 cm³/mol. The van der Waals surface area contributed by atoms with Crippen molar-refractivity contribution < 1.29 is 23.5 Å². The van der Waals surface area contributed by atoms with Crippen LogP contribution in [0.5, 0.6) is 0 Å². The van der Waals surface area contributed by atoms with Gasteiger partial charge in [0.1, 0.15) is 10.5 Å². The molecule has 1 unspecified atom stereocenters. The lowest BCUT2D eigenvalue weighted by molar-refractivity contribution is 0.0600. The highest BCUT2D eigenvalue weighted by atomic mass is 32.1. The van der Waals surface area contributed by atoms with E-state index in [9.17, 15) is 9.59 Å². The van der Waals surface area contributed by atoms with Crippen LogP contribution in [0.25, 0.3) is 11.0 Å². The van der Waals surface area contributed by atoms with Crippen molar-refractivity contribution in [3.63, 3.8) is 0 Å². The Labute approximate surface area is 189 Å². The van der Waals surface area contributed by atoms with E-state index in [1.807, 2.05) is 19.9 Å². The van der Waals surface area contributed by atoms with Crippen molar-refractivity contribution in [2.45, 2.75) is 38.3 Å². The third-order valence-electron chi connectivity index (χ3n) is 5.96. The number of anilines is 1. The number of amides is 1. The van der Waals surface area contributed by atoms with Gasteiger partial charge in [-0.15, -0.1) is 0 Å². The van der Waals surface area contributed by atoms with Gasteiger partial charge in [-0.25, -0.2) is 9.78 Å². The molecule has 1 aromatic carbocycles. The zero-order chi connectivity index (χ0) is 22.5. The number of benzene rings is 1. The van der Waals surface area contributed by atoms with Gasteiger partial charge in [0, 0.05) is 29.5 Å². The smallest absolute Gasteiger partial charge is 0.337 e. The molecule has 4 heterocycles. The molecular formula is C23H25N3O5S. The van der Waals surface area contributed by atoms with Gasteiger partial charge in [0.05, 0.1) is 43.9 Å². The first-order valence-electron chi connectivity index (χ1n) is 10.6. The molecule has 1 amide bonds. The van der Waals surface area contributed by atoms with E-state index in [4.69, 9.17) is 18.9 Å². The van der Waals surface area contributed by atoms with Gasteiger partial charge in [0.25, 0.3) is 5.91 Å². The van der Waals surface area contributed by atoms with Crippen LogP contribution >= 0.6 is 11.3 Å². The largest absolute Gasteiger partial charge is 0.465 e. The quantitative estimate of drug-likeness (QED) is 0.604. The van der Waals surface area contributed by atoms with Crippen molar-refractivity contribution >= 4 is 39.3 Å². The van der Waals surface area contributed by atoms with Crippen LogP contribution in [0.15, 0.2) is 28.9 Å². The molecule has 0 spiro atoms. The standard InChI is InChI=1S/C23H25N3O5S/c1-23(2)10-17-19(20(27)25-23)32-22(24-17)26-6-7-30-12-15(26)8-14-11-31-18-5-4-13(9-16(14)18)21(28)29-3/h4-5,9,11,15H,6-8,10,12H2,1-3H3,(H,25,27). The Balaban J connectivity index is 1.44. The van der Waals surface area contributed by atoms with Crippen LogP contribution in [0.2, 0.25) is 0 Å². The number of aromatic nitrogens is 1. The Bertz CT molecular complexity index is 1200. The van der Waals surface area contributed by atoms with Crippen LogP contribution in [-0.4, -0.2) is 55.3 Å². The average Bonchev–Trinajstić information content (AvgIpc) is 3.37. The topological polar surface area (TPSA) is 93.9 Å². The fraction of sp³-hybridized carbons (Fsp3) is 0.435. The first-order valence-corrected chi connectivity index (χ1v) is 11.4. The van der Waals surface area contributed by atoms with Gasteiger partial charge in [-0.3, -0.25) is 4.79 Å². The molecule has 2 aromatic heterocycles. The molecule has 3 aromatic rings. The lowest BCUT2D eigenvalue weighted by Gasteiger charge is -2.35. The van der Waals surface area contributed by atoms with Gasteiger partial charge in [-0.1, -0.05) is 11.3 Å². The van der Waals surface area contributed by atoms with Crippen LogP contribution in [0.3, 0.4) is 0 Å². The maximum atomic E-state index is 12.6. The molecule has 1 saturated heterocycles. The van der Waals surface area contributed by atoms with E-state index in [-0.39, 0.29) is 23.5 Å². The summed E-state index contributed by atoms with van der Waals surface area (Å²) in [5.41, 5.74) is 2.76. The molecule has 2 aliphatic rings. The van der Waals surface area contributed by atoms with Gasteiger partial charge in [0.15, 0.2) is 5.13 Å². The number of hydrogen-bond acceptors (Lipinski definition) is 8. The van der Waals surface area contributed by atoms with E-state index in [0.29, 0.717) is 43.0 Å². The van der Waals surface area contributed by atoms with Crippen LogP contribution in [0.1, 0.15) is 45.1 Å². The average molecular weight is 456 g/mol. The summed E-state index contributed by atoms with van der Waals surface area (Å²) in [6.07, 6.45) is 3.11. The maximum absolute atomic E-state index is 12.6. The fourth-order valence-electron chi connectivity index (χ4n) is 4.40. The van der Waals surface area contributed by atoms with Crippen LogP contribution in [-0.2, 0) is 22.3 Å². The Kier molecular flexibility index (Phi) is 5.17. The van der Waals surface area contributed by atoms with Gasteiger partial charge in [0.2, 0.25) is 0 Å². The first-order chi connectivity index (χ1) is 15.3. The first kappa shape index (κ1) is 21.0. The van der Waals surface area contributed by atoms with Crippen LogP contribution < -0.4 is 10.2 Å². The van der Waals surface area contributed by atoms with E-state index in [1.165, 1.54) is 18.4 Å². The summed E-state index contributed by atoms with van der Waals surface area (Å²) >= 11 is 1.44. The van der Waals surface area contributed by atoms with Crippen molar-refractivity contribution in [1.82, 2.24) is 10.3 Å². The number of fused-ring (bicyclic) bond motifs is 2. The van der Waals surface area contributed by atoms with Crippen molar-refractivity contribution in [3.05, 3.63) is 46.2 Å². The number of ether oxygens (including phenoxy) is 2. The SMILES string of the molecule is COC(=O)c1ccc2occ(CC3COCCN3c3nc4c(s3)C(=O)NC(C)(C)C4)c2c1. The number of carbonyl (C=O) groups is 2. The summed E-state index contributed by atoms with van der Waals surface area (Å²) in [7, 11) is 1.37. The fourth-order valence-corrected chi connectivity index (χ4v) is 5.48. The van der Waals surface area contributed by atoms with Gasteiger partial charge in [-0.2, -0.15) is 0 Å². The molecule has 0 radical (unpaired) electrons. The van der Waals surface area contributed by atoms with E-state index in [2.05, 4.69) is 10.2 Å². The number of esters is 1. The molecule has 2 aliphatic heterocycles. The van der Waals surface area contributed by atoms with Gasteiger partial charge in [-0.05, 0) is 38.5 Å². The lowest BCUT2D eigenvalue weighted by Crippen LogP contribution is -2.48. The number of thiazole rings is 1. The highest BCUT2D eigenvalue weighted by molar-refractivity contribution is 7.17. The summed E-state index contributed by atoms with van der Waals surface area (Å²) in [6, 6.07) is 5.33. The van der Waals surface area contributed by atoms with Crippen LogP contribution in [0.4, 0.5) is 5.13 Å². The molecule has 1 N–H and O–H groups in total. The van der Waals surface area contributed by atoms with Crippen molar-refractivity contribution in [2.24, 2.45) is 0 Å². The van der Waals surface area contributed by atoms with Gasteiger partial charge < -0.3 is 24.1 Å². The van der Waals surface area contributed by atoms with Crippen molar-refractivity contribution in [2.75, 3.05) is 31.8 Å². The van der Waals surface area contributed by atoms with E-state index in [1.54, 1.807) is 18.4 Å². The summed E-state index contributed by atoms with van der Waals surface area (Å²) in [5, 5.41) is 4.79. The second-order valence-corrected chi connectivity index (χ2v) is 9.85. The highest BCUT2D eigenvalue weighted by Gasteiger charge is 2.35. The minimum absolute atomic E-state index is 0.0370. The van der Waals surface area contributed by atoms with Gasteiger partial charge >= 0.3 is 5.97 Å². The Morgan fingerprint density at radius 1 is 1.41 bits per heavy atom. The second-order valence-electron chi connectivity index (χ2n) is 8.88. The van der Waals surface area contributed by atoms with E-state index in [0.717, 1.165) is 27.4 Å². The number of carbonyl (C=O) groups excluding carboxylic acids is 2. The number of morpholine rings is 1. The Morgan fingerprint density at radius 3 is 3.06 bits per heavy atom. The zero-order valence-corrected chi connectivity index (χ0v) is 19.1. The number of hydrogen-bond donors (Lipinski definition) is 1. The number of nitrogens with zero attached hydrogens (tertiary/aromatic N) is 2. The minimum Gasteiger partial charge on any atom is -0.465 e. The summed E-state index contributed by atoms with van der Waals surface area (Å²) < 4.78 is 16.4. The van der Waals surface area contributed by atoms with E-state index < -0.39 is 0 Å². The third-order valence-corrected chi connectivity index (χ3v) is 7.09. The molecule has 8 nitrogen and oxygen atoms in total. The molecule has 9 heteroatoms. The normalized spacial score (nSPS) is 20.2. The van der Waals surface area contributed by atoms with E-state index >= 15 is 0 Å². The molecule has 5 rings (SSSR count). The zero-order valence-electron chi connectivity index (χ0n) is 18.3. The summed E-state index contributed by atoms with van der Waals surface area (Å²) in [5.74, 6) is -0.433. The second kappa shape index (κ2) is 7.90. The Morgan fingerprint density at radius 2 is 2.25 bits per heavy atom. The van der Waals surface area contributed by atoms with Crippen LogP contribution in [0, 0.1) is 0 Å². The lowest BCUT2D eigenvalue weighted by atomic mass is 9.94. The molecule has 1 fully saturated rings. The van der Waals surface area contributed by atoms with Crippen molar-refractivity contribution in [1.29, 1.82) is 0 Å². The molecule has 0 aliphatic carbocycles. The Hall–Kier alpha value is -2.91. The molecular weight excluding hydrogens is 430 g/mol. The molecule has 0 saturated carbocycles. The molecule has 1 atom stereocenters. The van der Waals surface area contributed by atoms with Crippen molar-refractivity contribution in [3.8, 4) is 0 Å². The number of methoxy groups -OCH3 is 1. The number of nitrogens with one attached hydrogen (secondary N) is 1. The summed E-state index contributed by atoms with van der Waals surface area (Å²) in [6.45, 7) is 5.88. The molecule has 0 bridgehead atoms.